The van der Waals surface area contributed by atoms with E-state index in [9.17, 15) is 13.9 Å². The van der Waals surface area contributed by atoms with Gasteiger partial charge in [-0.2, -0.15) is 0 Å². The summed E-state index contributed by atoms with van der Waals surface area (Å²) in [7, 11) is 0. The van der Waals surface area contributed by atoms with Gasteiger partial charge >= 0.3 is 0 Å². The second-order valence-corrected chi connectivity index (χ2v) is 5.52. The Morgan fingerprint density at radius 2 is 1.58 bits per heavy atom. The Bertz CT molecular complexity index is 394. The average molecular weight is 269 g/mol. The average Bonchev–Trinajstić information content (AvgIpc) is 2.53. The van der Waals surface area contributed by atoms with E-state index in [1.165, 1.54) is 25.0 Å². The Morgan fingerprint density at radius 3 is 2.16 bits per heavy atom. The minimum absolute atomic E-state index is 0.372. The molecule has 4 heteroatoms. The maximum atomic E-state index is 13.0. The summed E-state index contributed by atoms with van der Waals surface area (Å²) in [4.78, 5) is 0. The van der Waals surface area contributed by atoms with Gasteiger partial charge in [0.15, 0.2) is 0 Å². The summed E-state index contributed by atoms with van der Waals surface area (Å²) in [6.45, 7) is 0.849. The standard InChI is InChI=1S/C15H21F2NO/c16-13-7-12(8-14(17)9-13)10-18-11-15(19)5-3-1-2-4-6-15/h7-9,18-19H,1-6,10-11H2. The lowest BCUT2D eigenvalue weighted by Crippen LogP contribution is -2.39. The first-order valence-electron chi connectivity index (χ1n) is 6.95. The molecule has 0 radical (unpaired) electrons. The van der Waals surface area contributed by atoms with E-state index < -0.39 is 17.2 Å². The molecule has 0 aliphatic heterocycles. The monoisotopic (exact) mass is 269 g/mol. The molecule has 0 saturated heterocycles. The van der Waals surface area contributed by atoms with Gasteiger partial charge in [0.25, 0.3) is 0 Å². The molecule has 1 aromatic carbocycles. The molecular weight excluding hydrogens is 248 g/mol. The fraction of sp³-hybridized carbons (Fsp3) is 0.600. The van der Waals surface area contributed by atoms with E-state index >= 15 is 0 Å². The second kappa shape index (κ2) is 6.44. The SMILES string of the molecule is OC1(CNCc2cc(F)cc(F)c2)CCCCCC1. The molecule has 0 heterocycles. The summed E-state index contributed by atoms with van der Waals surface area (Å²) in [5.74, 6) is -1.13. The van der Waals surface area contributed by atoms with E-state index in [4.69, 9.17) is 0 Å². The molecule has 1 aromatic rings. The van der Waals surface area contributed by atoms with Gasteiger partial charge in [-0.1, -0.05) is 25.7 Å². The van der Waals surface area contributed by atoms with Crippen molar-refractivity contribution in [3.63, 3.8) is 0 Å². The zero-order valence-corrected chi connectivity index (χ0v) is 11.1. The van der Waals surface area contributed by atoms with Gasteiger partial charge in [-0.15, -0.1) is 0 Å². The molecule has 2 nitrogen and oxygen atoms in total. The van der Waals surface area contributed by atoms with Crippen LogP contribution in [0.25, 0.3) is 0 Å². The van der Waals surface area contributed by atoms with E-state index in [0.29, 0.717) is 18.7 Å². The van der Waals surface area contributed by atoms with Crippen molar-refractivity contribution in [2.75, 3.05) is 6.54 Å². The summed E-state index contributed by atoms with van der Waals surface area (Å²) >= 11 is 0. The van der Waals surface area contributed by atoms with Crippen molar-refractivity contribution in [3.05, 3.63) is 35.4 Å². The number of aliphatic hydroxyl groups is 1. The fourth-order valence-corrected chi connectivity index (χ4v) is 2.72. The van der Waals surface area contributed by atoms with Crippen LogP contribution < -0.4 is 5.32 Å². The van der Waals surface area contributed by atoms with Gasteiger partial charge < -0.3 is 10.4 Å². The fourth-order valence-electron chi connectivity index (χ4n) is 2.72. The first-order valence-corrected chi connectivity index (χ1v) is 6.95. The van der Waals surface area contributed by atoms with Crippen molar-refractivity contribution in [2.24, 2.45) is 0 Å². The van der Waals surface area contributed by atoms with Gasteiger partial charge in [0.1, 0.15) is 11.6 Å². The maximum Gasteiger partial charge on any atom is 0.126 e. The number of hydrogen-bond donors (Lipinski definition) is 2. The highest BCUT2D eigenvalue weighted by molar-refractivity contribution is 5.17. The zero-order valence-electron chi connectivity index (χ0n) is 11.1. The van der Waals surface area contributed by atoms with Crippen LogP contribution in [0.15, 0.2) is 18.2 Å². The molecule has 1 aliphatic rings. The Kier molecular flexibility index (Phi) is 4.88. The minimum atomic E-state index is -0.664. The van der Waals surface area contributed by atoms with E-state index in [1.807, 2.05) is 0 Å². The summed E-state index contributed by atoms with van der Waals surface area (Å²) in [5.41, 5.74) is -0.0998. The number of rotatable bonds is 4. The van der Waals surface area contributed by atoms with Crippen LogP contribution in [0.3, 0.4) is 0 Å². The van der Waals surface area contributed by atoms with E-state index in [0.717, 1.165) is 31.7 Å². The van der Waals surface area contributed by atoms with Crippen LogP contribution >= 0.6 is 0 Å². The van der Waals surface area contributed by atoms with Crippen LogP contribution in [0, 0.1) is 11.6 Å². The molecule has 19 heavy (non-hydrogen) atoms. The lowest BCUT2D eigenvalue weighted by Gasteiger charge is -2.27. The molecule has 0 atom stereocenters. The molecule has 1 saturated carbocycles. The molecule has 106 valence electrons. The van der Waals surface area contributed by atoms with Crippen LogP contribution in [-0.2, 0) is 6.54 Å². The normalized spacial score (nSPS) is 19.1. The highest BCUT2D eigenvalue weighted by Gasteiger charge is 2.27. The Balaban J connectivity index is 1.85. The molecule has 2 N–H and O–H groups in total. The third kappa shape index (κ3) is 4.55. The molecule has 1 fully saturated rings. The number of benzene rings is 1. The van der Waals surface area contributed by atoms with Gasteiger partial charge in [-0.25, -0.2) is 8.78 Å². The molecule has 0 bridgehead atoms. The Hall–Kier alpha value is -1.00. The van der Waals surface area contributed by atoms with E-state index in [-0.39, 0.29) is 0 Å². The van der Waals surface area contributed by atoms with Crippen LogP contribution in [-0.4, -0.2) is 17.3 Å². The first-order chi connectivity index (χ1) is 9.07. The Labute approximate surface area is 112 Å². The van der Waals surface area contributed by atoms with Crippen molar-refractivity contribution in [1.82, 2.24) is 5.32 Å². The van der Waals surface area contributed by atoms with Gasteiger partial charge in [0, 0.05) is 19.2 Å². The van der Waals surface area contributed by atoms with Crippen molar-refractivity contribution in [1.29, 1.82) is 0 Å². The molecule has 0 spiro atoms. The maximum absolute atomic E-state index is 13.0. The first kappa shape index (κ1) is 14.4. The summed E-state index contributed by atoms with van der Waals surface area (Å²) in [6, 6.07) is 3.49. The third-order valence-electron chi connectivity index (χ3n) is 3.74. The van der Waals surface area contributed by atoms with Crippen molar-refractivity contribution >= 4 is 0 Å². The molecular formula is C15H21F2NO. The predicted molar refractivity (Wildman–Crippen MR) is 70.7 cm³/mol. The van der Waals surface area contributed by atoms with Crippen molar-refractivity contribution in [2.45, 2.75) is 50.7 Å². The summed E-state index contributed by atoms with van der Waals surface area (Å²) < 4.78 is 26.0. The van der Waals surface area contributed by atoms with Crippen LogP contribution in [0.2, 0.25) is 0 Å². The van der Waals surface area contributed by atoms with E-state index in [2.05, 4.69) is 5.32 Å². The largest absolute Gasteiger partial charge is 0.389 e. The quantitative estimate of drug-likeness (QED) is 0.823. The number of nitrogens with one attached hydrogen (secondary N) is 1. The molecule has 0 unspecified atom stereocenters. The van der Waals surface area contributed by atoms with Crippen LogP contribution in [0.4, 0.5) is 8.78 Å². The second-order valence-electron chi connectivity index (χ2n) is 5.52. The minimum Gasteiger partial charge on any atom is -0.389 e. The van der Waals surface area contributed by atoms with Crippen molar-refractivity contribution < 1.29 is 13.9 Å². The lowest BCUT2D eigenvalue weighted by atomic mass is 9.94. The topological polar surface area (TPSA) is 32.3 Å². The zero-order chi connectivity index (χ0) is 13.7. The van der Waals surface area contributed by atoms with Crippen molar-refractivity contribution in [3.8, 4) is 0 Å². The van der Waals surface area contributed by atoms with Gasteiger partial charge in [0.2, 0.25) is 0 Å². The van der Waals surface area contributed by atoms with Gasteiger partial charge in [-0.3, -0.25) is 0 Å². The highest BCUT2D eigenvalue weighted by Crippen LogP contribution is 2.26. The van der Waals surface area contributed by atoms with E-state index in [1.54, 1.807) is 0 Å². The van der Waals surface area contributed by atoms with Crippen LogP contribution in [0.5, 0.6) is 0 Å². The molecule has 1 aliphatic carbocycles. The number of hydrogen-bond acceptors (Lipinski definition) is 2. The third-order valence-corrected chi connectivity index (χ3v) is 3.74. The predicted octanol–water partition coefficient (Wildman–Crippen LogP) is 3.14. The van der Waals surface area contributed by atoms with Gasteiger partial charge in [0.05, 0.1) is 5.60 Å². The van der Waals surface area contributed by atoms with Gasteiger partial charge in [-0.05, 0) is 30.5 Å². The molecule has 0 aromatic heterocycles. The molecule has 0 amide bonds. The summed E-state index contributed by atoms with van der Waals surface area (Å²) in [6.07, 6.45) is 6.06. The number of halogens is 2. The smallest absolute Gasteiger partial charge is 0.126 e. The lowest BCUT2D eigenvalue weighted by molar-refractivity contribution is 0.0250. The molecule has 2 rings (SSSR count). The van der Waals surface area contributed by atoms with Crippen LogP contribution in [0.1, 0.15) is 44.1 Å². The Morgan fingerprint density at radius 1 is 1.00 bits per heavy atom. The highest BCUT2D eigenvalue weighted by atomic mass is 19.1. The summed E-state index contributed by atoms with van der Waals surface area (Å²) in [5, 5.41) is 13.5.